The van der Waals surface area contributed by atoms with Gasteiger partial charge in [0.1, 0.15) is 18.5 Å². The molecule has 0 radical (unpaired) electrons. The fourth-order valence-corrected chi connectivity index (χ4v) is 3.01. The maximum absolute atomic E-state index is 10.3. The van der Waals surface area contributed by atoms with Gasteiger partial charge in [0.15, 0.2) is 0 Å². The van der Waals surface area contributed by atoms with E-state index < -0.39 is 6.10 Å². The molecule has 2 aromatic carbocycles. The highest BCUT2D eigenvalue weighted by atomic mass is 16.5. The highest BCUT2D eigenvalue weighted by molar-refractivity contribution is 5.74. The highest BCUT2D eigenvalue weighted by Crippen LogP contribution is 2.24. The molecule has 4 heteroatoms. The second-order valence-electron chi connectivity index (χ2n) is 6.08. The molecule has 1 aromatic heterocycles. The molecule has 120 valence electrons. The summed E-state index contributed by atoms with van der Waals surface area (Å²) in [5.41, 5.74) is 5.38. The van der Waals surface area contributed by atoms with E-state index in [1.165, 1.54) is 5.56 Å². The summed E-state index contributed by atoms with van der Waals surface area (Å²) in [5.74, 6) is 0.866. The first-order valence-electron chi connectivity index (χ1n) is 7.83. The highest BCUT2D eigenvalue weighted by Gasteiger charge is 2.11. The van der Waals surface area contributed by atoms with Gasteiger partial charge in [-0.05, 0) is 44.0 Å². The lowest BCUT2D eigenvalue weighted by Gasteiger charge is -2.17. The van der Waals surface area contributed by atoms with E-state index >= 15 is 0 Å². The molecule has 4 nitrogen and oxygen atoms in total. The monoisotopic (exact) mass is 310 g/mol. The first kappa shape index (κ1) is 15.6. The summed E-state index contributed by atoms with van der Waals surface area (Å²) in [5, 5.41) is 10.3. The van der Waals surface area contributed by atoms with E-state index in [-0.39, 0.29) is 6.61 Å². The van der Waals surface area contributed by atoms with Crippen molar-refractivity contribution in [1.29, 1.82) is 0 Å². The standard InChI is InChI=1S/C19H22N2O2/c1-13-8-14(2)19(15(3)9-13)23-11-16(22)10-21-12-20-17-6-4-5-7-18(17)21/h4-9,12,16,22H,10-11H2,1-3H3. The van der Waals surface area contributed by atoms with E-state index in [9.17, 15) is 5.11 Å². The second-order valence-corrected chi connectivity index (χ2v) is 6.08. The smallest absolute Gasteiger partial charge is 0.125 e. The quantitative estimate of drug-likeness (QED) is 0.785. The van der Waals surface area contributed by atoms with Crippen LogP contribution in [0.4, 0.5) is 0 Å². The summed E-state index contributed by atoms with van der Waals surface area (Å²) < 4.78 is 7.82. The number of benzene rings is 2. The van der Waals surface area contributed by atoms with Crippen LogP contribution in [0.25, 0.3) is 11.0 Å². The van der Waals surface area contributed by atoms with Gasteiger partial charge in [-0.1, -0.05) is 29.8 Å². The van der Waals surface area contributed by atoms with Crippen LogP contribution < -0.4 is 4.74 Å². The van der Waals surface area contributed by atoms with Crippen molar-refractivity contribution in [1.82, 2.24) is 9.55 Å². The number of nitrogens with zero attached hydrogens (tertiary/aromatic N) is 2. The zero-order valence-corrected chi connectivity index (χ0v) is 13.8. The first-order valence-corrected chi connectivity index (χ1v) is 7.83. The molecule has 0 bridgehead atoms. The molecule has 0 aliphatic heterocycles. The van der Waals surface area contributed by atoms with E-state index in [2.05, 4.69) is 24.0 Å². The normalized spacial score (nSPS) is 12.5. The number of hydrogen-bond donors (Lipinski definition) is 1. The fourth-order valence-electron chi connectivity index (χ4n) is 3.01. The number of aryl methyl sites for hydroxylation is 3. The largest absolute Gasteiger partial charge is 0.490 e. The molecule has 0 amide bonds. The molecule has 0 fully saturated rings. The number of ether oxygens (including phenoxy) is 1. The maximum atomic E-state index is 10.3. The Morgan fingerprint density at radius 3 is 2.57 bits per heavy atom. The van der Waals surface area contributed by atoms with Gasteiger partial charge in [0.2, 0.25) is 0 Å². The van der Waals surface area contributed by atoms with Gasteiger partial charge in [-0.25, -0.2) is 4.98 Å². The molecule has 3 aromatic rings. The molecule has 1 N–H and O–H groups in total. The van der Waals surface area contributed by atoms with Crippen molar-refractivity contribution in [2.24, 2.45) is 0 Å². The Kier molecular flexibility index (Phi) is 4.35. The van der Waals surface area contributed by atoms with E-state index in [0.29, 0.717) is 6.54 Å². The van der Waals surface area contributed by atoms with Crippen LogP contribution in [-0.2, 0) is 6.54 Å². The van der Waals surface area contributed by atoms with Crippen LogP contribution in [0.1, 0.15) is 16.7 Å². The Morgan fingerprint density at radius 2 is 1.83 bits per heavy atom. The van der Waals surface area contributed by atoms with Crippen molar-refractivity contribution in [3.05, 3.63) is 59.4 Å². The van der Waals surface area contributed by atoms with Crippen LogP contribution in [0, 0.1) is 20.8 Å². The molecule has 0 spiro atoms. The third kappa shape index (κ3) is 3.37. The van der Waals surface area contributed by atoms with Crippen LogP contribution in [0.15, 0.2) is 42.7 Å². The summed E-state index contributed by atoms with van der Waals surface area (Å²) in [6.07, 6.45) is 1.17. The summed E-state index contributed by atoms with van der Waals surface area (Å²) in [4.78, 5) is 4.34. The fraction of sp³-hybridized carbons (Fsp3) is 0.316. The van der Waals surface area contributed by atoms with Crippen molar-refractivity contribution < 1.29 is 9.84 Å². The van der Waals surface area contributed by atoms with Crippen molar-refractivity contribution in [3.63, 3.8) is 0 Å². The molecular weight excluding hydrogens is 288 g/mol. The molecule has 23 heavy (non-hydrogen) atoms. The van der Waals surface area contributed by atoms with Crippen molar-refractivity contribution >= 4 is 11.0 Å². The number of imidazole rings is 1. The van der Waals surface area contributed by atoms with E-state index in [0.717, 1.165) is 27.9 Å². The third-order valence-corrected chi connectivity index (χ3v) is 3.96. The third-order valence-electron chi connectivity index (χ3n) is 3.96. The predicted molar refractivity (Wildman–Crippen MR) is 91.9 cm³/mol. The van der Waals surface area contributed by atoms with Gasteiger partial charge in [-0.3, -0.25) is 0 Å². The summed E-state index contributed by atoms with van der Waals surface area (Å²) in [6, 6.07) is 12.1. The van der Waals surface area contributed by atoms with E-state index in [1.54, 1.807) is 6.33 Å². The van der Waals surface area contributed by atoms with Gasteiger partial charge in [0, 0.05) is 0 Å². The molecule has 0 saturated carbocycles. The summed E-state index contributed by atoms with van der Waals surface area (Å²) in [6.45, 7) is 6.86. The van der Waals surface area contributed by atoms with Gasteiger partial charge >= 0.3 is 0 Å². The zero-order chi connectivity index (χ0) is 16.4. The molecule has 0 aliphatic carbocycles. The molecule has 1 atom stereocenters. The minimum absolute atomic E-state index is 0.261. The Balaban J connectivity index is 1.67. The van der Waals surface area contributed by atoms with Crippen molar-refractivity contribution in [2.75, 3.05) is 6.61 Å². The Morgan fingerprint density at radius 1 is 1.13 bits per heavy atom. The number of aliphatic hydroxyl groups is 1. The minimum Gasteiger partial charge on any atom is -0.490 e. The van der Waals surface area contributed by atoms with Crippen molar-refractivity contribution in [3.8, 4) is 5.75 Å². The average Bonchev–Trinajstić information content (AvgIpc) is 2.89. The van der Waals surface area contributed by atoms with Gasteiger partial charge in [-0.15, -0.1) is 0 Å². The molecule has 0 saturated heterocycles. The van der Waals surface area contributed by atoms with Crippen LogP contribution in [0.2, 0.25) is 0 Å². The molecular formula is C19H22N2O2. The Bertz CT molecular complexity index is 800. The lowest BCUT2D eigenvalue weighted by Crippen LogP contribution is -2.23. The number of para-hydroxylation sites is 2. The van der Waals surface area contributed by atoms with Crippen LogP contribution >= 0.6 is 0 Å². The van der Waals surface area contributed by atoms with Gasteiger partial charge in [0.05, 0.1) is 23.9 Å². The lowest BCUT2D eigenvalue weighted by atomic mass is 10.1. The Hall–Kier alpha value is -2.33. The van der Waals surface area contributed by atoms with Crippen LogP contribution in [0.5, 0.6) is 5.75 Å². The van der Waals surface area contributed by atoms with Crippen molar-refractivity contribution in [2.45, 2.75) is 33.4 Å². The van der Waals surface area contributed by atoms with E-state index in [1.807, 2.05) is 42.7 Å². The number of rotatable bonds is 5. The number of fused-ring (bicyclic) bond motifs is 1. The van der Waals surface area contributed by atoms with Gasteiger partial charge in [0.25, 0.3) is 0 Å². The Labute approximate surface area is 136 Å². The van der Waals surface area contributed by atoms with Crippen LogP contribution in [-0.4, -0.2) is 27.4 Å². The predicted octanol–water partition coefficient (Wildman–Crippen LogP) is 3.40. The van der Waals surface area contributed by atoms with Gasteiger partial charge in [-0.2, -0.15) is 0 Å². The maximum Gasteiger partial charge on any atom is 0.125 e. The minimum atomic E-state index is -0.590. The zero-order valence-electron chi connectivity index (χ0n) is 13.8. The number of hydrogen-bond acceptors (Lipinski definition) is 3. The molecule has 1 heterocycles. The number of aliphatic hydroxyl groups excluding tert-OH is 1. The lowest BCUT2D eigenvalue weighted by molar-refractivity contribution is 0.0927. The van der Waals surface area contributed by atoms with Gasteiger partial charge < -0.3 is 14.4 Å². The second kappa shape index (κ2) is 6.42. The number of aromatic nitrogens is 2. The average molecular weight is 310 g/mol. The molecule has 1 unspecified atom stereocenters. The van der Waals surface area contributed by atoms with Crippen LogP contribution in [0.3, 0.4) is 0 Å². The summed E-state index contributed by atoms with van der Waals surface area (Å²) >= 11 is 0. The van der Waals surface area contributed by atoms with E-state index in [4.69, 9.17) is 4.74 Å². The first-order chi connectivity index (χ1) is 11.0. The molecule has 3 rings (SSSR count). The molecule has 0 aliphatic rings. The topological polar surface area (TPSA) is 47.3 Å². The summed E-state index contributed by atoms with van der Waals surface area (Å²) in [7, 11) is 0. The SMILES string of the molecule is Cc1cc(C)c(OCC(O)Cn2cnc3ccccc32)c(C)c1.